The molecule has 0 aliphatic rings. The lowest BCUT2D eigenvalue weighted by Crippen LogP contribution is -2.04. The molecule has 22 heavy (non-hydrogen) atoms. The van der Waals surface area contributed by atoms with Crippen LogP contribution in [0, 0.1) is 5.53 Å². The van der Waals surface area contributed by atoms with Gasteiger partial charge in [-0.15, -0.1) is 0 Å². The SMILES string of the molecule is N=N/C(=C\Nc1cccc(C(F)F)c1)COc1ncccn1. The van der Waals surface area contributed by atoms with E-state index in [4.69, 9.17) is 10.3 Å². The Labute approximate surface area is 125 Å². The predicted molar refractivity (Wildman–Crippen MR) is 75.8 cm³/mol. The Morgan fingerprint density at radius 2 is 2.09 bits per heavy atom. The van der Waals surface area contributed by atoms with Crippen LogP contribution in [0.2, 0.25) is 0 Å². The van der Waals surface area contributed by atoms with Crippen molar-refractivity contribution in [2.75, 3.05) is 11.9 Å². The molecule has 0 fully saturated rings. The lowest BCUT2D eigenvalue weighted by Gasteiger charge is -2.06. The van der Waals surface area contributed by atoms with E-state index >= 15 is 0 Å². The normalized spacial score (nSPS) is 11.3. The third-order valence-electron chi connectivity index (χ3n) is 2.58. The number of ether oxygens (including phenoxy) is 1. The minimum absolute atomic E-state index is 0.0188. The maximum Gasteiger partial charge on any atom is 0.316 e. The monoisotopic (exact) mass is 305 g/mol. The molecule has 2 N–H and O–H groups in total. The van der Waals surface area contributed by atoms with Gasteiger partial charge in [-0.05, 0) is 18.2 Å². The third-order valence-corrected chi connectivity index (χ3v) is 2.58. The van der Waals surface area contributed by atoms with Crippen LogP contribution in [-0.2, 0) is 0 Å². The molecule has 0 spiro atoms. The fourth-order valence-electron chi connectivity index (χ4n) is 1.54. The molecule has 0 amide bonds. The van der Waals surface area contributed by atoms with Gasteiger partial charge in [0.1, 0.15) is 12.3 Å². The van der Waals surface area contributed by atoms with E-state index < -0.39 is 6.43 Å². The van der Waals surface area contributed by atoms with Crippen LogP contribution >= 0.6 is 0 Å². The van der Waals surface area contributed by atoms with Gasteiger partial charge in [-0.25, -0.2) is 24.3 Å². The van der Waals surface area contributed by atoms with Crippen molar-refractivity contribution in [1.29, 1.82) is 5.53 Å². The predicted octanol–water partition coefficient (Wildman–Crippen LogP) is 3.78. The van der Waals surface area contributed by atoms with E-state index in [9.17, 15) is 8.78 Å². The fourth-order valence-corrected chi connectivity index (χ4v) is 1.54. The second kappa shape index (κ2) is 7.77. The number of nitrogens with one attached hydrogen (secondary N) is 2. The molecule has 2 aromatic rings. The summed E-state index contributed by atoms with van der Waals surface area (Å²) < 4.78 is 30.4. The number of benzene rings is 1. The molecule has 0 saturated carbocycles. The molecule has 0 atom stereocenters. The zero-order chi connectivity index (χ0) is 15.8. The summed E-state index contributed by atoms with van der Waals surface area (Å²) in [6.45, 7) is -0.0188. The standard InChI is InChI=1S/C14H13F2N5O/c15-13(16)10-3-1-4-11(7-10)20-8-12(21-17)9-22-14-18-5-2-6-19-14/h1-8,13,17,20H,9H2/b12-8-,21-17?. The number of alkyl halides is 2. The Hall–Kier alpha value is -2.90. The van der Waals surface area contributed by atoms with Gasteiger partial charge in [0.25, 0.3) is 6.43 Å². The van der Waals surface area contributed by atoms with E-state index in [1.54, 1.807) is 12.1 Å². The van der Waals surface area contributed by atoms with Gasteiger partial charge in [-0.3, -0.25) is 0 Å². The quantitative estimate of drug-likeness (QED) is 0.763. The summed E-state index contributed by atoms with van der Waals surface area (Å²) in [5.41, 5.74) is 7.72. The van der Waals surface area contributed by atoms with Crippen molar-refractivity contribution in [2.45, 2.75) is 6.43 Å². The van der Waals surface area contributed by atoms with Crippen molar-refractivity contribution in [3.8, 4) is 6.01 Å². The van der Waals surface area contributed by atoms with Crippen molar-refractivity contribution >= 4 is 5.69 Å². The van der Waals surface area contributed by atoms with E-state index in [2.05, 4.69) is 20.4 Å². The van der Waals surface area contributed by atoms with E-state index in [1.165, 1.54) is 36.8 Å². The fraction of sp³-hybridized carbons (Fsp3) is 0.143. The minimum Gasteiger partial charge on any atom is -0.457 e. The molecule has 0 unspecified atom stereocenters. The summed E-state index contributed by atoms with van der Waals surface area (Å²) in [4.78, 5) is 7.73. The Kier molecular flexibility index (Phi) is 5.47. The van der Waals surface area contributed by atoms with Gasteiger partial charge in [-0.1, -0.05) is 12.1 Å². The van der Waals surface area contributed by atoms with Gasteiger partial charge in [0, 0.05) is 29.8 Å². The molecule has 114 valence electrons. The highest BCUT2D eigenvalue weighted by Crippen LogP contribution is 2.21. The number of hydrogen-bond acceptors (Lipinski definition) is 6. The number of halogens is 2. The van der Waals surface area contributed by atoms with Crippen molar-refractivity contribution in [3.63, 3.8) is 0 Å². The summed E-state index contributed by atoms with van der Waals surface area (Å²) in [5, 5.41) is 6.09. The van der Waals surface area contributed by atoms with Gasteiger partial charge < -0.3 is 10.1 Å². The number of anilines is 1. The van der Waals surface area contributed by atoms with Crippen LogP contribution in [-0.4, -0.2) is 16.6 Å². The molecule has 1 aromatic carbocycles. The Morgan fingerprint density at radius 3 is 2.77 bits per heavy atom. The molecule has 2 rings (SSSR count). The van der Waals surface area contributed by atoms with Gasteiger partial charge >= 0.3 is 6.01 Å². The molecule has 0 aliphatic carbocycles. The highest BCUT2D eigenvalue weighted by Gasteiger charge is 2.06. The molecular weight excluding hydrogens is 292 g/mol. The first kappa shape index (κ1) is 15.5. The Balaban J connectivity index is 1.97. The first-order valence-corrected chi connectivity index (χ1v) is 6.30. The molecule has 1 heterocycles. The largest absolute Gasteiger partial charge is 0.457 e. The molecule has 0 saturated heterocycles. The summed E-state index contributed by atoms with van der Waals surface area (Å²) in [5.74, 6) is 0. The second-order valence-corrected chi connectivity index (χ2v) is 4.14. The molecular formula is C14H13F2N5O. The Morgan fingerprint density at radius 1 is 1.32 bits per heavy atom. The zero-order valence-corrected chi connectivity index (χ0v) is 11.4. The first-order chi connectivity index (χ1) is 10.7. The molecule has 0 radical (unpaired) electrons. The van der Waals surface area contributed by atoms with Crippen molar-refractivity contribution in [1.82, 2.24) is 9.97 Å². The molecule has 0 aliphatic heterocycles. The summed E-state index contributed by atoms with van der Waals surface area (Å²) in [6.07, 6.45) is 1.92. The lowest BCUT2D eigenvalue weighted by molar-refractivity contribution is 0.151. The van der Waals surface area contributed by atoms with Crippen molar-refractivity contribution in [3.05, 3.63) is 60.2 Å². The van der Waals surface area contributed by atoms with E-state index in [-0.39, 0.29) is 23.9 Å². The van der Waals surface area contributed by atoms with Crippen LogP contribution in [0.4, 0.5) is 14.5 Å². The molecule has 8 heteroatoms. The van der Waals surface area contributed by atoms with Crippen LogP contribution in [0.1, 0.15) is 12.0 Å². The van der Waals surface area contributed by atoms with E-state index in [0.29, 0.717) is 5.69 Å². The number of hydrogen-bond donors (Lipinski definition) is 2. The number of nitrogens with zero attached hydrogens (tertiary/aromatic N) is 3. The molecule has 1 aromatic heterocycles. The minimum atomic E-state index is -2.54. The van der Waals surface area contributed by atoms with Crippen molar-refractivity contribution in [2.24, 2.45) is 5.11 Å². The number of aromatic nitrogens is 2. The zero-order valence-electron chi connectivity index (χ0n) is 11.4. The van der Waals surface area contributed by atoms with Gasteiger partial charge in [0.05, 0.1) is 0 Å². The second-order valence-electron chi connectivity index (χ2n) is 4.14. The average Bonchev–Trinajstić information content (AvgIpc) is 2.56. The highest BCUT2D eigenvalue weighted by molar-refractivity contribution is 5.48. The summed E-state index contributed by atoms with van der Waals surface area (Å²) in [6, 6.07) is 7.62. The molecule has 0 bridgehead atoms. The highest BCUT2D eigenvalue weighted by atomic mass is 19.3. The maximum atomic E-state index is 12.6. The smallest absolute Gasteiger partial charge is 0.316 e. The molecule has 6 nitrogen and oxygen atoms in total. The van der Waals surface area contributed by atoms with Gasteiger partial charge in [-0.2, -0.15) is 5.11 Å². The van der Waals surface area contributed by atoms with Crippen molar-refractivity contribution < 1.29 is 13.5 Å². The van der Waals surface area contributed by atoms with Crippen LogP contribution in [0.5, 0.6) is 6.01 Å². The summed E-state index contributed by atoms with van der Waals surface area (Å²) >= 11 is 0. The topological polar surface area (TPSA) is 83.2 Å². The first-order valence-electron chi connectivity index (χ1n) is 6.30. The Bertz CT molecular complexity index is 649. The lowest BCUT2D eigenvalue weighted by atomic mass is 10.2. The summed E-state index contributed by atoms with van der Waals surface area (Å²) in [7, 11) is 0. The third kappa shape index (κ3) is 4.58. The number of rotatable bonds is 7. The van der Waals surface area contributed by atoms with Crippen LogP contribution < -0.4 is 10.1 Å². The van der Waals surface area contributed by atoms with E-state index in [1.807, 2.05) is 0 Å². The van der Waals surface area contributed by atoms with Gasteiger partial charge in [0.2, 0.25) is 0 Å². The van der Waals surface area contributed by atoms with Crippen LogP contribution in [0.25, 0.3) is 0 Å². The van der Waals surface area contributed by atoms with Crippen LogP contribution in [0.15, 0.2) is 59.7 Å². The average molecular weight is 305 g/mol. The maximum absolute atomic E-state index is 12.6. The van der Waals surface area contributed by atoms with Crippen LogP contribution in [0.3, 0.4) is 0 Å². The van der Waals surface area contributed by atoms with Gasteiger partial charge in [0.15, 0.2) is 0 Å². The van der Waals surface area contributed by atoms with E-state index in [0.717, 1.165) is 0 Å².